The third-order valence-electron chi connectivity index (χ3n) is 2.83. The molecule has 0 aromatic carbocycles. The maximum atomic E-state index is 9.92. The van der Waals surface area contributed by atoms with Crippen LogP contribution in [-0.2, 0) is 0 Å². The fourth-order valence-electron chi connectivity index (χ4n) is 1.56. The maximum absolute atomic E-state index is 9.92. The van der Waals surface area contributed by atoms with Crippen LogP contribution in [0.5, 0.6) is 0 Å². The van der Waals surface area contributed by atoms with Gasteiger partial charge in [0.1, 0.15) is 0 Å². The van der Waals surface area contributed by atoms with Gasteiger partial charge in [0.05, 0.1) is 5.60 Å². The lowest BCUT2D eigenvalue weighted by atomic mass is 9.80. The average molecular weight is 231 g/mol. The largest absolute Gasteiger partial charge is 0.389 e. The van der Waals surface area contributed by atoms with Gasteiger partial charge in [0.25, 0.3) is 0 Å². The van der Waals surface area contributed by atoms with Gasteiger partial charge in [0, 0.05) is 23.1 Å². The molecule has 0 radical (unpaired) electrons. The molecule has 1 saturated carbocycles. The summed E-state index contributed by atoms with van der Waals surface area (Å²) in [4.78, 5) is 0. The Labute approximate surface area is 98.2 Å². The van der Waals surface area contributed by atoms with Gasteiger partial charge in [-0.15, -0.1) is 0 Å². The van der Waals surface area contributed by atoms with Crippen LogP contribution in [0.2, 0.25) is 0 Å². The molecule has 1 aliphatic rings. The molecular formula is C12H25NOS. The van der Waals surface area contributed by atoms with Crippen LogP contribution in [0.15, 0.2) is 0 Å². The molecular weight excluding hydrogens is 206 g/mol. The molecule has 0 aliphatic heterocycles. The summed E-state index contributed by atoms with van der Waals surface area (Å²) in [6.07, 6.45) is 3.13. The highest BCUT2D eigenvalue weighted by Gasteiger charge is 2.34. The summed E-state index contributed by atoms with van der Waals surface area (Å²) < 4.78 is 0.337. The summed E-state index contributed by atoms with van der Waals surface area (Å²) in [5.41, 5.74) is -0.388. The first-order chi connectivity index (χ1) is 6.81. The van der Waals surface area contributed by atoms with Crippen molar-refractivity contribution in [2.24, 2.45) is 0 Å². The number of nitrogens with one attached hydrogen (secondary N) is 1. The highest BCUT2D eigenvalue weighted by atomic mass is 32.2. The van der Waals surface area contributed by atoms with Crippen LogP contribution in [-0.4, -0.2) is 33.8 Å². The first-order valence-electron chi connectivity index (χ1n) is 5.90. The topological polar surface area (TPSA) is 32.3 Å². The monoisotopic (exact) mass is 231 g/mol. The lowest BCUT2D eigenvalue weighted by Crippen LogP contribution is -2.49. The highest BCUT2D eigenvalue weighted by molar-refractivity contribution is 8.00. The smallest absolute Gasteiger partial charge is 0.0771 e. The predicted molar refractivity (Wildman–Crippen MR) is 68.5 cm³/mol. The Bertz CT molecular complexity index is 196. The molecule has 0 saturated heterocycles. The first-order valence-corrected chi connectivity index (χ1v) is 6.89. The van der Waals surface area contributed by atoms with Gasteiger partial charge in [-0.3, -0.25) is 0 Å². The van der Waals surface area contributed by atoms with Crippen molar-refractivity contribution < 1.29 is 5.11 Å². The molecule has 1 aliphatic carbocycles. The molecule has 1 atom stereocenters. The summed E-state index contributed by atoms with van der Waals surface area (Å²) in [6.45, 7) is 9.68. The van der Waals surface area contributed by atoms with Crippen molar-refractivity contribution in [3.63, 3.8) is 0 Å². The summed E-state index contributed by atoms with van der Waals surface area (Å²) in [6, 6.07) is 0.485. The minimum atomic E-state index is -0.388. The van der Waals surface area contributed by atoms with E-state index < -0.39 is 0 Å². The number of thioether (sulfide) groups is 1. The average Bonchev–Trinajstić information content (AvgIpc) is 2.07. The number of aliphatic hydroxyl groups is 1. The molecule has 1 rings (SSSR count). The van der Waals surface area contributed by atoms with Crippen LogP contribution in [0.1, 0.15) is 47.0 Å². The van der Waals surface area contributed by atoms with E-state index in [1.165, 1.54) is 6.42 Å². The van der Waals surface area contributed by atoms with Crippen LogP contribution in [0, 0.1) is 0 Å². The second-order valence-electron chi connectivity index (χ2n) is 5.78. The van der Waals surface area contributed by atoms with Crippen molar-refractivity contribution in [2.75, 3.05) is 12.3 Å². The highest BCUT2D eigenvalue weighted by Crippen LogP contribution is 2.31. The normalized spacial score (nSPS) is 22.2. The second kappa shape index (κ2) is 5.07. The second-order valence-corrected chi connectivity index (χ2v) is 7.63. The number of hydrogen-bond acceptors (Lipinski definition) is 3. The molecule has 3 heteroatoms. The molecule has 0 bridgehead atoms. The van der Waals surface area contributed by atoms with Crippen molar-refractivity contribution >= 4 is 11.8 Å². The van der Waals surface area contributed by atoms with E-state index in [-0.39, 0.29) is 5.60 Å². The van der Waals surface area contributed by atoms with Crippen LogP contribution in [0.3, 0.4) is 0 Å². The molecule has 0 aromatic rings. The third kappa shape index (κ3) is 5.23. The van der Waals surface area contributed by atoms with Crippen LogP contribution < -0.4 is 5.32 Å². The molecule has 0 heterocycles. The van der Waals surface area contributed by atoms with Gasteiger partial charge in [-0.05, 0) is 26.2 Å². The Morgan fingerprint density at radius 2 is 2.00 bits per heavy atom. The fourth-order valence-corrected chi connectivity index (χ4v) is 2.43. The van der Waals surface area contributed by atoms with Crippen molar-refractivity contribution in [1.29, 1.82) is 0 Å². The molecule has 1 fully saturated rings. The Morgan fingerprint density at radius 3 is 2.40 bits per heavy atom. The van der Waals surface area contributed by atoms with E-state index in [1.807, 2.05) is 11.8 Å². The van der Waals surface area contributed by atoms with E-state index in [4.69, 9.17) is 0 Å². The van der Waals surface area contributed by atoms with Gasteiger partial charge in [0.15, 0.2) is 0 Å². The lowest BCUT2D eigenvalue weighted by Gasteiger charge is -2.37. The van der Waals surface area contributed by atoms with Crippen molar-refractivity contribution in [3.05, 3.63) is 0 Å². The molecule has 15 heavy (non-hydrogen) atoms. The van der Waals surface area contributed by atoms with E-state index in [0.29, 0.717) is 10.8 Å². The summed E-state index contributed by atoms with van der Waals surface area (Å²) in [7, 11) is 0. The van der Waals surface area contributed by atoms with Gasteiger partial charge >= 0.3 is 0 Å². The van der Waals surface area contributed by atoms with Gasteiger partial charge in [-0.25, -0.2) is 0 Å². The maximum Gasteiger partial charge on any atom is 0.0771 e. The van der Waals surface area contributed by atoms with E-state index in [9.17, 15) is 5.11 Å². The van der Waals surface area contributed by atoms with Gasteiger partial charge in [0.2, 0.25) is 0 Å². The summed E-state index contributed by atoms with van der Waals surface area (Å²) in [5, 5.41) is 13.3. The molecule has 90 valence electrons. The van der Waals surface area contributed by atoms with Crippen LogP contribution in [0.25, 0.3) is 0 Å². The Morgan fingerprint density at radius 1 is 1.40 bits per heavy atom. The summed E-state index contributed by atoms with van der Waals surface area (Å²) >= 11 is 1.97. The molecule has 2 N–H and O–H groups in total. The zero-order valence-electron chi connectivity index (χ0n) is 10.5. The molecule has 2 nitrogen and oxygen atoms in total. The van der Waals surface area contributed by atoms with Crippen LogP contribution >= 0.6 is 11.8 Å². The quantitative estimate of drug-likeness (QED) is 0.762. The Hall–Kier alpha value is 0.270. The van der Waals surface area contributed by atoms with Crippen molar-refractivity contribution in [2.45, 2.75) is 63.3 Å². The van der Waals surface area contributed by atoms with Gasteiger partial charge in [-0.2, -0.15) is 11.8 Å². The molecule has 0 aromatic heterocycles. The number of hydrogen-bond donors (Lipinski definition) is 2. The van der Waals surface area contributed by atoms with E-state index in [2.05, 4.69) is 33.0 Å². The van der Waals surface area contributed by atoms with E-state index >= 15 is 0 Å². The molecule has 0 amide bonds. The minimum absolute atomic E-state index is 0.337. The minimum Gasteiger partial charge on any atom is -0.389 e. The Kier molecular flexibility index (Phi) is 4.50. The first kappa shape index (κ1) is 13.3. The standard InChI is InChI=1S/C12H25NOS/c1-10(8-15-11(2,3)4)13-9-12(14)6-5-7-12/h10,13-14H,5-9H2,1-4H3. The van der Waals surface area contributed by atoms with Crippen molar-refractivity contribution in [3.8, 4) is 0 Å². The Balaban J connectivity index is 2.10. The number of rotatable bonds is 5. The van der Waals surface area contributed by atoms with E-state index in [0.717, 1.165) is 25.1 Å². The lowest BCUT2D eigenvalue weighted by molar-refractivity contribution is -0.0324. The van der Waals surface area contributed by atoms with Crippen molar-refractivity contribution in [1.82, 2.24) is 5.32 Å². The zero-order valence-corrected chi connectivity index (χ0v) is 11.3. The zero-order chi connectivity index (χ0) is 11.5. The fraction of sp³-hybridized carbons (Fsp3) is 1.00. The van der Waals surface area contributed by atoms with Crippen LogP contribution in [0.4, 0.5) is 0 Å². The predicted octanol–water partition coefficient (Wildman–Crippen LogP) is 2.41. The third-order valence-corrected chi connectivity index (χ3v) is 4.36. The van der Waals surface area contributed by atoms with Gasteiger partial charge in [-0.1, -0.05) is 20.8 Å². The SMILES string of the molecule is CC(CSC(C)(C)C)NCC1(O)CCC1. The molecule has 0 spiro atoms. The molecule has 1 unspecified atom stereocenters. The summed E-state index contributed by atoms with van der Waals surface area (Å²) in [5.74, 6) is 1.11. The van der Waals surface area contributed by atoms with Gasteiger partial charge < -0.3 is 10.4 Å². The van der Waals surface area contributed by atoms with E-state index in [1.54, 1.807) is 0 Å².